The Morgan fingerprint density at radius 2 is 1.85 bits per heavy atom. The number of hydrogen-bond donors (Lipinski definition) is 2. The van der Waals surface area contributed by atoms with Crippen LogP contribution in [0, 0.1) is 0 Å². The number of fused-ring (bicyclic) bond motifs is 1. The molecule has 3 aromatic heterocycles. The van der Waals surface area contributed by atoms with Crippen LogP contribution >= 0.6 is 0 Å². The number of benzene rings is 1. The number of carbonyl (C=O) groups excluding carboxylic acids is 1. The van der Waals surface area contributed by atoms with Crippen molar-refractivity contribution >= 4 is 22.6 Å². The van der Waals surface area contributed by atoms with Gasteiger partial charge in [-0.05, 0) is 73.8 Å². The van der Waals surface area contributed by atoms with E-state index in [1.165, 1.54) is 11.3 Å². The van der Waals surface area contributed by atoms with Gasteiger partial charge in [0.25, 0.3) is 0 Å². The van der Waals surface area contributed by atoms with Crippen LogP contribution in [0.25, 0.3) is 22.3 Å². The van der Waals surface area contributed by atoms with Crippen LogP contribution in [-0.2, 0) is 13.6 Å². The molecule has 0 aliphatic carbocycles. The van der Waals surface area contributed by atoms with Crippen LogP contribution in [0.15, 0.2) is 60.9 Å². The molecule has 1 fully saturated rings. The molecule has 0 atom stereocenters. The minimum atomic E-state index is -0.375. The molecular weight excluding hydrogens is 424 g/mol. The molecule has 0 bridgehead atoms. The summed E-state index contributed by atoms with van der Waals surface area (Å²) < 4.78 is 2.20. The number of primary amides is 1. The van der Waals surface area contributed by atoms with Crippen molar-refractivity contribution in [3.05, 3.63) is 77.7 Å². The quantitative estimate of drug-likeness (QED) is 0.457. The Balaban J connectivity index is 1.31. The lowest BCUT2D eigenvalue weighted by atomic mass is 9.89. The molecule has 1 amide bonds. The third kappa shape index (κ3) is 4.26. The third-order valence-corrected chi connectivity index (χ3v) is 7.00. The van der Waals surface area contributed by atoms with E-state index in [1.807, 2.05) is 49.8 Å². The van der Waals surface area contributed by atoms with Crippen LogP contribution in [0.1, 0.15) is 40.4 Å². The molecule has 1 aromatic carbocycles. The summed E-state index contributed by atoms with van der Waals surface area (Å²) in [6, 6.07) is 16.2. The number of anilines is 1. The van der Waals surface area contributed by atoms with Crippen molar-refractivity contribution in [3.63, 3.8) is 0 Å². The molecule has 5 rings (SSSR count). The average Bonchev–Trinajstić information content (AvgIpc) is 3.20. The maximum absolute atomic E-state index is 11.3. The molecule has 1 aliphatic heterocycles. The van der Waals surface area contributed by atoms with E-state index >= 15 is 0 Å². The number of likely N-dealkylation sites (tertiary alicyclic amines) is 1. The predicted octanol–water partition coefficient (Wildman–Crippen LogP) is 4.16. The molecule has 34 heavy (non-hydrogen) atoms. The molecule has 4 heterocycles. The van der Waals surface area contributed by atoms with Crippen molar-refractivity contribution in [2.45, 2.75) is 25.3 Å². The van der Waals surface area contributed by atoms with E-state index in [1.54, 1.807) is 0 Å². The van der Waals surface area contributed by atoms with Gasteiger partial charge in [0.05, 0.1) is 17.6 Å². The molecular formula is C27H30N6O. The van der Waals surface area contributed by atoms with Crippen molar-refractivity contribution in [3.8, 4) is 11.3 Å². The fourth-order valence-electron chi connectivity index (χ4n) is 4.92. The number of nitrogens with one attached hydrogen (secondary N) is 1. The van der Waals surface area contributed by atoms with Crippen molar-refractivity contribution in [2.75, 3.05) is 25.5 Å². The summed E-state index contributed by atoms with van der Waals surface area (Å²) >= 11 is 0. The minimum Gasteiger partial charge on any atom is -0.387 e. The van der Waals surface area contributed by atoms with Crippen LogP contribution in [0.4, 0.5) is 5.69 Å². The molecule has 1 aliphatic rings. The van der Waals surface area contributed by atoms with Gasteiger partial charge in [0, 0.05) is 49.0 Å². The number of pyridine rings is 2. The molecule has 0 spiro atoms. The Labute approximate surface area is 199 Å². The zero-order valence-electron chi connectivity index (χ0n) is 19.7. The van der Waals surface area contributed by atoms with E-state index in [-0.39, 0.29) is 5.91 Å². The fraction of sp³-hybridized carbons (Fsp3) is 0.296. The first-order valence-electron chi connectivity index (χ1n) is 11.7. The van der Waals surface area contributed by atoms with Gasteiger partial charge >= 0.3 is 0 Å². The smallest absolute Gasteiger partial charge is 0.248 e. The van der Waals surface area contributed by atoms with E-state index in [9.17, 15) is 4.79 Å². The number of hydrogen-bond acceptors (Lipinski definition) is 5. The van der Waals surface area contributed by atoms with E-state index in [0.29, 0.717) is 11.5 Å². The number of nitrogens with two attached hydrogens (primary N) is 1. The maximum atomic E-state index is 11.3. The average molecular weight is 455 g/mol. The van der Waals surface area contributed by atoms with Gasteiger partial charge in [-0.2, -0.15) is 0 Å². The first-order chi connectivity index (χ1) is 16.5. The van der Waals surface area contributed by atoms with Gasteiger partial charge in [-0.3, -0.25) is 14.7 Å². The number of amides is 1. The third-order valence-electron chi connectivity index (χ3n) is 7.00. The normalized spacial score (nSPS) is 15.0. The highest BCUT2D eigenvalue weighted by Crippen LogP contribution is 2.31. The summed E-state index contributed by atoms with van der Waals surface area (Å²) in [6.07, 6.45) is 5.93. The number of piperidine rings is 1. The van der Waals surface area contributed by atoms with Crippen molar-refractivity contribution < 1.29 is 4.79 Å². The van der Waals surface area contributed by atoms with Crippen molar-refractivity contribution in [1.82, 2.24) is 19.4 Å². The molecule has 0 radical (unpaired) electrons. The molecule has 0 unspecified atom stereocenters. The highest BCUT2D eigenvalue weighted by atomic mass is 16.1. The maximum Gasteiger partial charge on any atom is 0.248 e. The van der Waals surface area contributed by atoms with Crippen molar-refractivity contribution in [2.24, 2.45) is 12.8 Å². The standard InChI is InChI=1S/C27H30N6O/c1-29-21-7-8-25(31-16-21)23-9-12-30-27-24(23)15-22(32(27)2)17-33-13-10-19(11-14-33)18-3-5-20(6-4-18)26(28)34/h3-9,12,15-16,19,29H,10-11,13-14,17H2,1-2H3,(H2,28,34). The first-order valence-corrected chi connectivity index (χ1v) is 11.7. The van der Waals surface area contributed by atoms with E-state index in [0.717, 1.165) is 60.5 Å². The number of aryl methyl sites for hydroxylation is 1. The summed E-state index contributed by atoms with van der Waals surface area (Å²) in [4.78, 5) is 23.1. The molecule has 0 saturated carbocycles. The Kier molecular flexibility index (Phi) is 6.02. The van der Waals surface area contributed by atoms with Gasteiger partial charge in [-0.25, -0.2) is 4.98 Å². The number of aromatic nitrogens is 3. The van der Waals surface area contributed by atoms with Crippen LogP contribution in [0.2, 0.25) is 0 Å². The zero-order chi connectivity index (χ0) is 23.7. The highest BCUT2D eigenvalue weighted by molar-refractivity contribution is 5.93. The SMILES string of the molecule is CNc1ccc(-c2ccnc3c2cc(CN2CCC(c4ccc(C(N)=O)cc4)CC2)n3C)nc1. The lowest BCUT2D eigenvalue weighted by Crippen LogP contribution is -2.33. The second-order valence-corrected chi connectivity index (χ2v) is 9.01. The van der Waals surface area contributed by atoms with E-state index in [2.05, 4.69) is 50.0 Å². The fourth-order valence-corrected chi connectivity index (χ4v) is 4.92. The molecule has 4 aromatic rings. The largest absolute Gasteiger partial charge is 0.387 e. The van der Waals surface area contributed by atoms with E-state index < -0.39 is 0 Å². The van der Waals surface area contributed by atoms with Gasteiger partial charge in [0.15, 0.2) is 0 Å². The molecule has 1 saturated heterocycles. The highest BCUT2D eigenvalue weighted by Gasteiger charge is 2.22. The molecule has 3 N–H and O–H groups in total. The van der Waals surface area contributed by atoms with Gasteiger partial charge in [-0.15, -0.1) is 0 Å². The predicted molar refractivity (Wildman–Crippen MR) is 136 cm³/mol. The molecule has 174 valence electrons. The minimum absolute atomic E-state index is 0.375. The van der Waals surface area contributed by atoms with Gasteiger partial charge in [0.2, 0.25) is 5.91 Å². The lowest BCUT2D eigenvalue weighted by molar-refractivity contribution is 0.1000. The summed E-state index contributed by atoms with van der Waals surface area (Å²) in [5, 5.41) is 4.25. The van der Waals surface area contributed by atoms with E-state index in [4.69, 9.17) is 5.73 Å². The first kappa shape index (κ1) is 22.1. The van der Waals surface area contributed by atoms with Crippen LogP contribution < -0.4 is 11.1 Å². The van der Waals surface area contributed by atoms with Gasteiger partial charge in [-0.1, -0.05) is 12.1 Å². The Morgan fingerprint density at radius 3 is 2.50 bits per heavy atom. The number of carbonyl (C=O) groups is 1. The zero-order valence-corrected chi connectivity index (χ0v) is 19.7. The molecule has 7 nitrogen and oxygen atoms in total. The van der Waals surface area contributed by atoms with Gasteiger partial charge < -0.3 is 15.6 Å². The number of rotatable bonds is 6. The van der Waals surface area contributed by atoms with Crippen molar-refractivity contribution in [1.29, 1.82) is 0 Å². The summed E-state index contributed by atoms with van der Waals surface area (Å²) in [7, 11) is 3.99. The van der Waals surface area contributed by atoms with Crippen LogP contribution in [0.5, 0.6) is 0 Å². The monoisotopic (exact) mass is 454 g/mol. The van der Waals surface area contributed by atoms with Crippen LogP contribution in [0.3, 0.4) is 0 Å². The van der Waals surface area contributed by atoms with Gasteiger partial charge in [0.1, 0.15) is 5.65 Å². The second kappa shape index (κ2) is 9.27. The number of nitrogens with zero attached hydrogens (tertiary/aromatic N) is 4. The lowest BCUT2D eigenvalue weighted by Gasteiger charge is -2.32. The Morgan fingerprint density at radius 1 is 1.09 bits per heavy atom. The summed E-state index contributed by atoms with van der Waals surface area (Å²) in [6.45, 7) is 2.97. The second-order valence-electron chi connectivity index (χ2n) is 9.01. The molecule has 7 heteroatoms. The Bertz CT molecular complexity index is 1300. The summed E-state index contributed by atoms with van der Waals surface area (Å²) in [5.41, 5.74) is 12.5. The topological polar surface area (TPSA) is 89.1 Å². The summed E-state index contributed by atoms with van der Waals surface area (Å²) in [5.74, 6) is 0.144. The van der Waals surface area contributed by atoms with Crippen LogP contribution in [-0.4, -0.2) is 45.5 Å². The Hall–Kier alpha value is -3.71.